The lowest BCUT2D eigenvalue weighted by Crippen LogP contribution is -2.11. The molecular weight excluding hydrogens is 328 g/mol. The van der Waals surface area contributed by atoms with Gasteiger partial charge in [-0.2, -0.15) is 0 Å². The number of ketones is 1. The van der Waals surface area contributed by atoms with Crippen molar-refractivity contribution in [2.24, 2.45) is 0 Å². The first-order valence-electron chi connectivity index (χ1n) is 8.66. The van der Waals surface area contributed by atoms with Crippen LogP contribution in [0.5, 0.6) is 5.75 Å². The lowest BCUT2D eigenvalue weighted by Gasteiger charge is -2.12. The zero-order valence-electron chi connectivity index (χ0n) is 15.2. The number of hydrogen-bond acceptors (Lipinski definition) is 4. The molecule has 0 aliphatic rings. The van der Waals surface area contributed by atoms with Crippen molar-refractivity contribution in [2.75, 3.05) is 27.3 Å². The number of rotatable bonds is 8. The van der Waals surface area contributed by atoms with Crippen LogP contribution in [-0.4, -0.2) is 47.7 Å². The number of aliphatic hydroxyl groups is 1. The van der Waals surface area contributed by atoms with Gasteiger partial charge in [0.15, 0.2) is 5.78 Å². The van der Waals surface area contributed by atoms with Crippen LogP contribution in [-0.2, 0) is 13.1 Å². The van der Waals surface area contributed by atoms with Crippen molar-refractivity contribution in [1.82, 2.24) is 9.47 Å². The van der Waals surface area contributed by atoms with Gasteiger partial charge in [0.1, 0.15) is 19.0 Å². The van der Waals surface area contributed by atoms with Gasteiger partial charge in [-0.25, -0.2) is 0 Å². The van der Waals surface area contributed by atoms with Gasteiger partial charge in [-0.3, -0.25) is 4.79 Å². The van der Waals surface area contributed by atoms with Crippen molar-refractivity contribution in [3.8, 4) is 5.75 Å². The van der Waals surface area contributed by atoms with Crippen molar-refractivity contribution in [1.29, 1.82) is 0 Å². The van der Waals surface area contributed by atoms with E-state index >= 15 is 0 Å². The zero-order valence-corrected chi connectivity index (χ0v) is 15.2. The minimum Gasteiger partial charge on any atom is -0.492 e. The number of hydrogen-bond donors (Lipinski definition) is 1. The summed E-state index contributed by atoms with van der Waals surface area (Å²) in [5, 5.41) is 10.1. The van der Waals surface area contributed by atoms with Crippen LogP contribution in [0, 0.1) is 0 Å². The predicted molar refractivity (Wildman–Crippen MR) is 103 cm³/mol. The summed E-state index contributed by atoms with van der Waals surface area (Å²) in [7, 11) is 4.08. The van der Waals surface area contributed by atoms with Gasteiger partial charge in [0.2, 0.25) is 0 Å². The van der Waals surface area contributed by atoms with E-state index in [0.29, 0.717) is 18.7 Å². The largest absolute Gasteiger partial charge is 0.492 e. The number of aliphatic hydroxyl groups excluding tert-OH is 1. The van der Waals surface area contributed by atoms with E-state index in [-0.39, 0.29) is 5.78 Å². The molecule has 3 aromatic rings. The Morgan fingerprint density at radius 3 is 2.77 bits per heavy atom. The summed E-state index contributed by atoms with van der Waals surface area (Å²) in [4.78, 5) is 13.8. The molecule has 0 bridgehead atoms. The number of benzene rings is 2. The van der Waals surface area contributed by atoms with Crippen LogP contribution in [0.25, 0.3) is 10.9 Å². The lowest BCUT2D eigenvalue weighted by atomic mass is 10.1. The molecule has 5 heteroatoms. The van der Waals surface area contributed by atoms with Crippen LogP contribution < -0.4 is 4.74 Å². The molecule has 0 fully saturated rings. The summed E-state index contributed by atoms with van der Waals surface area (Å²) in [5.74, 6) is 0.588. The fraction of sp³-hybridized carbons (Fsp3) is 0.286. The van der Waals surface area contributed by atoms with Crippen LogP contribution in [0.1, 0.15) is 15.9 Å². The van der Waals surface area contributed by atoms with Crippen LogP contribution >= 0.6 is 0 Å². The summed E-state index contributed by atoms with van der Waals surface area (Å²) in [6, 6.07) is 15.6. The molecule has 1 heterocycles. The molecule has 0 aliphatic carbocycles. The molecule has 0 saturated heterocycles. The number of aromatic nitrogens is 1. The van der Waals surface area contributed by atoms with E-state index in [1.54, 1.807) is 6.07 Å². The molecule has 0 radical (unpaired) electrons. The maximum atomic E-state index is 11.7. The molecule has 1 N–H and O–H groups in total. The first-order chi connectivity index (χ1) is 12.6. The molecule has 3 rings (SSSR count). The third-order valence-electron chi connectivity index (χ3n) is 4.24. The summed E-state index contributed by atoms with van der Waals surface area (Å²) in [6.45, 7) is 1.62. The Kier molecular flexibility index (Phi) is 5.71. The minimum atomic E-state index is -0.474. The van der Waals surface area contributed by atoms with Crippen LogP contribution in [0.2, 0.25) is 0 Å². The molecule has 0 amide bonds. The van der Waals surface area contributed by atoms with E-state index < -0.39 is 6.61 Å². The van der Waals surface area contributed by atoms with Gasteiger partial charge in [0.25, 0.3) is 0 Å². The third kappa shape index (κ3) is 4.31. The molecule has 0 unspecified atom stereocenters. The van der Waals surface area contributed by atoms with Gasteiger partial charge in [-0.1, -0.05) is 24.3 Å². The molecule has 2 aromatic carbocycles. The lowest BCUT2D eigenvalue weighted by molar-refractivity contribution is 0.0904. The predicted octanol–water partition coefficient (Wildman–Crippen LogP) is 2.96. The van der Waals surface area contributed by atoms with Gasteiger partial charge >= 0.3 is 0 Å². The van der Waals surface area contributed by atoms with Crippen LogP contribution in [0.3, 0.4) is 0 Å². The summed E-state index contributed by atoms with van der Waals surface area (Å²) < 4.78 is 7.97. The highest BCUT2D eigenvalue weighted by atomic mass is 16.5. The number of ether oxygens (including phenoxy) is 1. The van der Waals surface area contributed by atoms with Gasteiger partial charge in [0, 0.05) is 23.8 Å². The van der Waals surface area contributed by atoms with E-state index in [1.807, 2.05) is 50.6 Å². The van der Waals surface area contributed by atoms with E-state index in [2.05, 4.69) is 21.6 Å². The highest BCUT2D eigenvalue weighted by molar-refractivity contribution is 6.00. The van der Waals surface area contributed by atoms with E-state index in [1.165, 1.54) is 5.56 Å². The molecule has 5 nitrogen and oxygen atoms in total. The number of Topliss-reactive ketones (excluding diaryl/α,β-unsaturated/α-hetero) is 1. The maximum absolute atomic E-state index is 11.7. The Hall–Kier alpha value is -2.63. The second kappa shape index (κ2) is 8.17. The van der Waals surface area contributed by atoms with Gasteiger partial charge < -0.3 is 19.3 Å². The molecule has 0 saturated carbocycles. The standard InChI is InChI=1S/C21H24N2O3/c1-22(2)14-16-4-3-5-19(12-16)26-11-10-23-9-8-17-6-7-18(13-20(17)23)21(25)15-24/h3-9,12-13,24H,10-11,14-15H2,1-2H3. The number of carbonyl (C=O) groups is 1. The molecule has 0 atom stereocenters. The highest BCUT2D eigenvalue weighted by Crippen LogP contribution is 2.19. The highest BCUT2D eigenvalue weighted by Gasteiger charge is 2.08. The maximum Gasteiger partial charge on any atom is 0.188 e. The van der Waals surface area contributed by atoms with Gasteiger partial charge in [-0.15, -0.1) is 0 Å². The molecule has 1 aromatic heterocycles. The van der Waals surface area contributed by atoms with E-state index in [9.17, 15) is 4.79 Å². The van der Waals surface area contributed by atoms with Gasteiger partial charge in [-0.05, 0) is 49.3 Å². The molecule has 0 aliphatic heterocycles. The normalized spacial score (nSPS) is 11.2. The van der Waals surface area contributed by atoms with Crippen molar-refractivity contribution in [3.63, 3.8) is 0 Å². The average Bonchev–Trinajstić information content (AvgIpc) is 3.03. The van der Waals surface area contributed by atoms with Crippen molar-refractivity contribution in [2.45, 2.75) is 13.1 Å². The zero-order chi connectivity index (χ0) is 18.5. The number of carbonyl (C=O) groups excluding carboxylic acids is 1. The molecular formula is C21H24N2O3. The van der Waals surface area contributed by atoms with Crippen LogP contribution in [0.15, 0.2) is 54.7 Å². The second-order valence-electron chi connectivity index (χ2n) is 6.60. The summed E-state index contributed by atoms with van der Waals surface area (Å²) in [5.41, 5.74) is 2.71. The number of nitrogens with zero attached hydrogens (tertiary/aromatic N) is 2. The SMILES string of the molecule is CN(C)Cc1cccc(OCCn2ccc3ccc(C(=O)CO)cc32)c1. The van der Waals surface area contributed by atoms with Gasteiger partial charge in [0.05, 0.1) is 6.54 Å². The van der Waals surface area contributed by atoms with Crippen molar-refractivity contribution in [3.05, 3.63) is 65.9 Å². The van der Waals surface area contributed by atoms with Crippen molar-refractivity contribution < 1.29 is 14.6 Å². The first kappa shape index (κ1) is 18.2. The summed E-state index contributed by atoms with van der Waals surface area (Å²) in [6.07, 6.45) is 1.99. The van der Waals surface area contributed by atoms with Crippen molar-refractivity contribution >= 4 is 16.7 Å². The average molecular weight is 352 g/mol. The summed E-state index contributed by atoms with van der Waals surface area (Å²) >= 11 is 0. The fourth-order valence-corrected chi connectivity index (χ4v) is 3.00. The Bertz CT molecular complexity index is 899. The topological polar surface area (TPSA) is 54.7 Å². The fourth-order valence-electron chi connectivity index (χ4n) is 3.00. The van der Waals surface area contributed by atoms with E-state index in [0.717, 1.165) is 23.2 Å². The Morgan fingerprint density at radius 1 is 1.15 bits per heavy atom. The quantitative estimate of drug-likeness (QED) is 0.633. The molecule has 26 heavy (non-hydrogen) atoms. The first-order valence-corrected chi connectivity index (χ1v) is 8.66. The Morgan fingerprint density at radius 2 is 2.00 bits per heavy atom. The smallest absolute Gasteiger partial charge is 0.188 e. The minimum absolute atomic E-state index is 0.270. The van der Waals surface area contributed by atoms with E-state index in [4.69, 9.17) is 9.84 Å². The Balaban J connectivity index is 1.67. The molecule has 0 spiro atoms. The molecule has 136 valence electrons. The Labute approximate surface area is 153 Å². The number of fused-ring (bicyclic) bond motifs is 1. The third-order valence-corrected chi connectivity index (χ3v) is 4.24. The second-order valence-corrected chi connectivity index (χ2v) is 6.60. The van der Waals surface area contributed by atoms with Crippen LogP contribution in [0.4, 0.5) is 0 Å². The monoisotopic (exact) mass is 352 g/mol.